The van der Waals surface area contributed by atoms with E-state index in [0.717, 1.165) is 0 Å². The molecule has 2 atom stereocenters. The molecule has 1 aromatic carbocycles. The third-order valence-corrected chi connectivity index (χ3v) is 6.10. The normalized spacial score (nSPS) is 17.5. The summed E-state index contributed by atoms with van der Waals surface area (Å²) in [6, 6.07) is 6.10. The fraction of sp³-hybridized carbons (Fsp3) is 0.593. The number of aromatic nitrogens is 2. The summed E-state index contributed by atoms with van der Waals surface area (Å²) in [7, 11) is 0. The molecule has 1 aliphatic rings. The van der Waals surface area contributed by atoms with Crippen LogP contribution in [0, 0.1) is 5.82 Å². The van der Waals surface area contributed by atoms with Crippen LogP contribution in [0.4, 0.5) is 29.7 Å². The van der Waals surface area contributed by atoms with Crippen molar-refractivity contribution in [1.29, 1.82) is 0 Å². The van der Waals surface area contributed by atoms with Crippen molar-refractivity contribution in [2.45, 2.75) is 84.1 Å². The molecule has 0 bridgehead atoms. The lowest BCUT2D eigenvalue weighted by Gasteiger charge is -2.31. The van der Waals surface area contributed by atoms with Gasteiger partial charge in [0, 0.05) is 50.7 Å². The van der Waals surface area contributed by atoms with Crippen LogP contribution in [0.5, 0.6) is 0 Å². The topological polar surface area (TPSA) is 88.6 Å². The molecule has 2 N–H and O–H groups in total. The first-order valence-electron chi connectivity index (χ1n) is 12.9. The number of hydrogen-bond donors (Lipinski definition) is 2. The van der Waals surface area contributed by atoms with E-state index in [0.29, 0.717) is 24.1 Å². The van der Waals surface area contributed by atoms with E-state index >= 15 is 0 Å². The van der Waals surface area contributed by atoms with Gasteiger partial charge in [-0.05, 0) is 52.3 Å². The third-order valence-electron chi connectivity index (χ3n) is 6.10. The minimum absolute atomic E-state index is 0.0594. The van der Waals surface area contributed by atoms with E-state index in [2.05, 4.69) is 20.6 Å². The summed E-state index contributed by atoms with van der Waals surface area (Å²) in [6.45, 7) is 10.6. The molecular formula is C27H38F3N5O3. The van der Waals surface area contributed by atoms with Crippen molar-refractivity contribution in [1.82, 2.24) is 14.9 Å². The molecule has 11 heteroatoms. The van der Waals surface area contributed by atoms with Gasteiger partial charge in [-0.3, -0.25) is 10.2 Å². The highest BCUT2D eigenvalue weighted by molar-refractivity contribution is 5.83. The van der Waals surface area contributed by atoms with E-state index in [1.807, 2.05) is 39.5 Å². The van der Waals surface area contributed by atoms with Gasteiger partial charge in [0.1, 0.15) is 11.6 Å². The molecule has 3 rings (SSSR count). The average molecular weight is 538 g/mol. The van der Waals surface area contributed by atoms with Gasteiger partial charge in [-0.25, -0.2) is 22.9 Å². The van der Waals surface area contributed by atoms with Gasteiger partial charge < -0.3 is 14.8 Å². The van der Waals surface area contributed by atoms with Crippen LogP contribution in [-0.2, 0) is 16.0 Å². The highest BCUT2D eigenvalue weighted by Gasteiger charge is 2.34. The smallest absolute Gasteiger partial charge is 0.412 e. The molecule has 8 nitrogen and oxygen atoms in total. The van der Waals surface area contributed by atoms with Crippen molar-refractivity contribution in [2.24, 2.45) is 0 Å². The molecular weight excluding hydrogens is 499 g/mol. The fourth-order valence-electron chi connectivity index (χ4n) is 4.14. The maximum Gasteiger partial charge on any atom is 0.412 e. The van der Waals surface area contributed by atoms with Crippen LogP contribution in [0.1, 0.15) is 71.0 Å². The Bertz CT molecular complexity index is 1070. The van der Waals surface area contributed by atoms with Gasteiger partial charge in [-0.2, -0.15) is 4.98 Å². The second kappa shape index (κ2) is 12.8. The van der Waals surface area contributed by atoms with Gasteiger partial charge in [-0.1, -0.05) is 12.1 Å². The van der Waals surface area contributed by atoms with Crippen molar-refractivity contribution < 1.29 is 27.4 Å². The first-order chi connectivity index (χ1) is 17.8. The maximum absolute atomic E-state index is 14.8. The number of anilines is 2. The summed E-state index contributed by atoms with van der Waals surface area (Å²) in [5.74, 6) is -2.52. The van der Waals surface area contributed by atoms with E-state index in [1.165, 1.54) is 18.3 Å². The number of carbonyl (C=O) groups is 1. The Balaban J connectivity index is 1.49. The van der Waals surface area contributed by atoms with E-state index in [-0.39, 0.29) is 62.1 Å². The maximum atomic E-state index is 14.8. The second-order valence-corrected chi connectivity index (χ2v) is 10.7. The number of rotatable bonds is 10. The Morgan fingerprint density at radius 3 is 2.55 bits per heavy atom. The predicted octanol–water partition coefficient (Wildman–Crippen LogP) is 6.16. The van der Waals surface area contributed by atoms with E-state index in [1.54, 1.807) is 12.1 Å². The number of nitrogens with zero attached hydrogens (tertiary/aromatic N) is 3. The van der Waals surface area contributed by atoms with Crippen LogP contribution < -0.4 is 10.6 Å². The molecule has 38 heavy (non-hydrogen) atoms. The first-order valence-corrected chi connectivity index (χ1v) is 12.9. The number of nitrogens with one attached hydrogen (secondary N) is 2. The summed E-state index contributed by atoms with van der Waals surface area (Å²) in [5, 5.41) is 5.67. The summed E-state index contributed by atoms with van der Waals surface area (Å²) in [6.07, 6.45) is 0.942. The predicted molar refractivity (Wildman–Crippen MR) is 140 cm³/mol. The summed E-state index contributed by atoms with van der Waals surface area (Å²) < 4.78 is 52.6. The van der Waals surface area contributed by atoms with Gasteiger partial charge in [0.25, 0.3) is 5.92 Å². The van der Waals surface area contributed by atoms with E-state index in [9.17, 15) is 18.0 Å². The van der Waals surface area contributed by atoms with Crippen LogP contribution in [0.15, 0.2) is 30.5 Å². The van der Waals surface area contributed by atoms with Crippen molar-refractivity contribution in [3.05, 3.63) is 47.4 Å². The number of benzene rings is 1. The molecule has 0 unspecified atom stereocenters. The molecule has 0 radical (unpaired) electrons. The summed E-state index contributed by atoms with van der Waals surface area (Å²) in [5.41, 5.74) is 0.864. The van der Waals surface area contributed by atoms with Crippen LogP contribution in [0.2, 0.25) is 0 Å². The lowest BCUT2D eigenvalue weighted by molar-refractivity contribution is -0.0591. The Morgan fingerprint density at radius 2 is 1.89 bits per heavy atom. The van der Waals surface area contributed by atoms with Gasteiger partial charge in [-0.15, -0.1) is 0 Å². The SMILES string of the molecule is C[C@H](CCOC(=O)Nc1ccnc(N[C@@H](C)c2ccc(CN3CCC(F)(F)CC3)c(F)c2)n1)OC(C)(C)C. The van der Waals surface area contributed by atoms with Crippen LogP contribution >= 0.6 is 0 Å². The van der Waals surface area contributed by atoms with Crippen molar-refractivity contribution in [2.75, 3.05) is 30.3 Å². The number of hydrogen-bond acceptors (Lipinski definition) is 7. The molecule has 2 aromatic rings. The number of piperidine rings is 1. The zero-order valence-corrected chi connectivity index (χ0v) is 22.7. The standard InChI is InChI=1S/C27H38F3N5O3/c1-18(38-26(3,4)5)9-15-37-25(36)34-23-8-12-31-24(33-23)32-19(2)20-6-7-21(22(28)16-20)17-35-13-10-27(29,30)11-14-35/h6-8,12,16,18-19H,9-11,13-15,17H2,1-5H3,(H2,31,32,33,34,36)/t18-,19+/m1/s1. The summed E-state index contributed by atoms with van der Waals surface area (Å²) in [4.78, 5) is 22.4. The Hall–Kier alpha value is -2.92. The zero-order chi connectivity index (χ0) is 27.9. The third kappa shape index (κ3) is 9.75. The molecule has 210 valence electrons. The lowest BCUT2D eigenvalue weighted by Crippen LogP contribution is -2.39. The highest BCUT2D eigenvalue weighted by Crippen LogP contribution is 2.29. The molecule has 1 amide bonds. The highest BCUT2D eigenvalue weighted by atomic mass is 19.3. The molecule has 0 saturated carbocycles. The average Bonchev–Trinajstić information content (AvgIpc) is 2.80. The van der Waals surface area contributed by atoms with Gasteiger partial charge in [0.2, 0.25) is 5.95 Å². The zero-order valence-electron chi connectivity index (χ0n) is 22.7. The lowest BCUT2D eigenvalue weighted by atomic mass is 10.0. The largest absolute Gasteiger partial charge is 0.449 e. The number of amides is 1. The number of likely N-dealkylation sites (tertiary alicyclic amines) is 1. The van der Waals surface area contributed by atoms with E-state index in [4.69, 9.17) is 9.47 Å². The molecule has 1 saturated heterocycles. The number of ether oxygens (including phenoxy) is 2. The molecule has 1 aliphatic heterocycles. The monoisotopic (exact) mass is 537 g/mol. The number of alkyl halides is 2. The molecule has 1 aromatic heterocycles. The Kier molecular flexibility index (Phi) is 9.94. The summed E-state index contributed by atoms with van der Waals surface area (Å²) >= 11 is 0. The molecule has 2 heterocycles. The van der Waals surface area contributed by atoms with Crippen molar-refractivity contribution in [3.8, 4) is 0 Å². The minimum Gasteiger partial charge on any atom is -0.449 e. The van der Waals surface area contributed by atoms with E-state index < -0.39 is 17.8 Å². The van der Waals surface area contributed by atoms with Crippen molar-refractivity contribution >= 4 is 17.9 Å². The molecule has 0 aliphatic carbocycles. The van der Waals surface area contributed by atoms with Gasteiger partial charge in [0.15, 0.2) is 0 Å². The minimum atomic E-state index is -2.63. The number of carbonyl (C=O) groups excluding carboxylic acids is 1. The Morgan fingerprint density at radius 1 is 1.18 bits per heavy atom. The van der Waals surface area contributed by atoms with Crippen molar-refractivity contribution in [3.63, 3.8) is 0 Å². The van der Waals surface area contributed by atoms with Crippen LogP contribution in [0.3, 0.4) is 0 Å². The molecule has 0 spiro atoms. The van der Waals surface area contributed by atoms with Crippen LogP contribution in [0.25, 0.3) is 0 Å². The van der Waals surface area contributed by atoms with Gasteiger partial charge >= 0.3 is 6.09 Å². The molecule has 1 fully saturated rings. The number of halogens is 3. The quantitative estimate of drug-likeness (QED) is 0.375. The fourth-order valence-corrected chi connectivity index (χ4v) is 4.14. The van der Waals surface area contributed by atoms with Crippen LogP contribution in [-0.4, -0.2) is 58.3 Å². The second-order valence-electron chi connectivity index (χ2n) is 10.7. The Labute approximate surface area is 222 Å². The first kappa shape index (κ1) is 29.6. The van der Waals surface area contributed by atoms with Gasteiger partial charge in [0.05, 0.1) is 24.4 Å².